The van der Waals surface area contributed by atoms with Crippen LogP contribution in [-0.4, -0.2) is 4.98 Å². The van der Waals surface area contributed by atoms with Gasteiger partial charge in [0.05, 0.1) is 0 Å². The summed E-state index contributed by atoms with van der Waals surface area (Å²) in [5.74, 6) is 0.659. The molecule has 5 rings (SSSR count). The molecule has 0 amide bonds. The van der Waals surface area contributed by atoms with E-state index < -0.39 is 0 Å². The average molecular weight is 311 g/mol. The van der Waals surface area contributed by atoms with Crippen molar-refractivity contribution in [2.75, 3.05) is 0 Å². The highest BCUT2D eigenvalue weighted by atomic mass is 16.3. The highest BCUT2D eigenvalue weighted by Crippen LogP contribution is 2.36. The maximum Gasteiger partial charge on any atom is 0.227 e. The summed E-state index contributed by atoms with van der Waals surface area (Å²) in [5.41, 5.74) is 2.76. The van der Waals surface area contributed by atoms with Crippen LogP contribution >= 0.6 is 0 Å². The molecule has 0 saturated heterocycles. The normalized spacial score (nSPS) is 11.5. The number of hydrogen-bond donors (Lipinski definition) is 0. The van der Waals surface area contributed by atoms with E-state index in [9.17, 15) is 0 Å². The smallest absolute Gasteiger partial charge is 0.227 e. The van der Waals surface area contributed by atoms with Crippen molar-refractivity contribution in [3.8, 4) is 11.5 Å². The van der Waals surface area contributed by atoms with Gasteiger partial charge >= 0.3 is 0 Å². The summed E-state index contributed by atoms with van der Waals surface area (Å²) >= 11 is 0. The molecule has 0 aliphatic carbocycles. The first kappa shape index (κ1) is 13.3. The Morgan fingerprint density at radius 2 is 1.33 bits per heavy atom. The number of hydrogen-bond acceptors (Lipinski definition) is 2. The van der Waals surface area contributed by atoms with Crippen LogP contribution in [-0.2, 0) is 7.05 Å². The lowest BCUT2D eigenvalue weighted by Gasteiger charge is -2.04. The van der Waals surface area contributed by atoms with E-state index in [0.29, 0.717) is 5.89 Å². The van der Waals surface area contributed by atoms with E-state index in [4.69, 9.17) is 9.40 Å². The Bertz CT molecular complexity index is 1130. The van der Waals surface area contributed by atoms with Crippen LogP contribution in [0.5, 0.6) is 0 Å². The number of benzene rings is 3. The fraction of sp³-hybridized carbons (Fsp3) is 0.0476. The minimum absolute atomic E-state index is 0.659. The summed E-state index contributed by atoms with van der Waals surface area (Å²) in [6, 6.07) is 20.8. The van der Waals surface area contributed by atoms with Crippen LogP contribution in [0.15, 0.2) is 77.5 Å². The van der Waals surface area contributed by atoms with E-state index in [-0.39, 0.29) is 0 Å². The first-order valence-corrected chi connectivity index (χ1v) is 7.97. The van der Waals surface area contributed by atoms with Gasteiger partial charge < -0.3 is 4.42 Å². The van der Waals surface area contributed by atoms with Gasteiger partial charge in [-0.3, -0.25) is 0 Å². The molecule has 0 radical (unpaired) electrons. The Kier molecular flexibility index (Phi) is 2.71. The molecular weight excluding hydrogens is 296 g/mol. The van der Waals surface area contributed by atoms with Crippen molar-refractivity contribution in [2.24, 2.45) is 7.05 Å². The molecule has 2 aromatic heterocycles. The van der Waals surface area contributed by atoms with E-state index in [2.05, 4.69) is 36.4 Å². The fourth-order valence-electron chi connectivity index (χ4n) is 3.29. The van der Waals surface area contributed by atoms with E-state index >= 15 is 0 Å². The second kappa shape index (κ2) is 4.90. The van der Waals surface area contributed by atoms with Crippen molar-refractivity contribution in [3.63, 3.8) is 0 Å². The molecule has 2 heterocycles. The molecule has 0 spiro atoms. The molecule has 0 bridgehead atoms. The van der Waals surface area contributed by atoms with Crippen molar-refractivity contribution in [2.45, 2.75) is 0 Å². The molecule has 0 aliphatic heterocycles. The Morgan fingerprint density at radius 3 is 2.04 bits per heavy atom. The summed E-state index contributed by atoms with van der Waals surface area (Å²) < 4.78 is 8.19. The van der Waals surface area contributed by atoms with Crippen molar-refractivity contribution in [3.05, 3.63) is 73.1 Å². The molecule has 0 aliphatic rings. The van der Waals surface area contributed by atoms with Crippen LogP contribution in [0.3, 0.4) is 0 Å². The number of aromatic nitrogens is 2. The van der Waals surface area contributed by atoms with Gasteiger partial charge in [0.2, 0.25) is 5.89 Å². The SMILES string of the molecule is C[n+]1ccc(-c2nc3c4ccccc4c4ccccc4c3o2)cc1. The third kappa shape index (κ3) is 1.85. The van der Waals surface area contributed by atoms with Crippen LogP contribution in [0.25, 0.3) is 44.1 Å². The minimum atomic E-state index is 0.659. The number of oxazole rings is 1. The second-order valence-electron chi connectivity index (χ2n) is 6.04. The first-order valence-electron chi connectivity index (χ1n) is 7.97. The van der Waals surface area contributed by atoms with Gasteiger partial charge in [-0.2, -0.15) is 0 Å². The number of pyridine rings is 1. The largest absolute Gasteiger partial charge is 0.435 e. The van der Waals surface area contributed by atoms with Gasteiger partial charge in [-0.25, -0.2) is 9.55 Å². The third-order valence-corrected chi connectivity index (χ3v) is 4.50. The molecule has 24 heavy (non-hydrogen) atoms. The molecule has 3 nitrogen and oxygen atoms in total. The lowest BCUT2D eigenvalue weighted by Crippen LogP contribution is -2.25. The Balaban J connectivity index is 1.93. The predicted octanol–water partition coefficient (Wildman–Crippen LogP) is 4.63. The van der Waals surface area contributed by atoms with Crippen LogP contribution in [0.2, 0.25) is 0 Å². The maximum atomic E-state index is 6.19. The Morgan fingerprint density at radius 1 is 0.750 bits per heavy atom. The van der Waals surface area contributed by atoms with E-state index in [1.807, 2.05) is 48.3 Å². The number of rotatable bonds is 1. The van der Waals surface area contributed by atoms with Gasteiger partial charge in [0.1, 0.15) is 12.6 Å². The molecule has 0 N–H and O–H groups in total. The lowest BCUT2D eigenvalue weighted by molar-refractivity contribution is -0.671. The molecule has 114 valence electrons. The maximum absolute atomic E-state index is 6.19. The number of aryl methyl sites for hydroxylation is 1. The first-order chi connectivity index (χ1) is 11.8. The van der Waals surface area contributed by atoms with E-state index in [1.165, 1.54) is 10.8 Å². The number of fused-ring (bicyclic) bond motifs is 6. The predicted molar refractivity (Wildman–Crippen MR) is 95.6 cm³/mol. The summed E-state index contributed by atoms with van der Waals surface area (Å²) in [5, 5.41) is 4.64. The van der Waals surface area contributed by atoms with E-state index in [0.717, 1.165) is 27.4 Å². The van der Waals surface area contributed by atoms with Crippen LogP contribution < -0.4 is 4.57 Å². The lowest BCUT2D eigenvalue weighted by atomic mass is 10.0. The summed E-state index contributed by atoms with van der Waals surface area (Å²) in [7, 11) is 2.00. The monoisotopic (exact) mass is 311 g/mol. The van der Waals surface area contributed by atoms with Crippen LogP contribution in [0, 0.1) is 0 Å². The zero-order valence-corrected chi connectivity index (χ0v) is 13.2. The van der Waals surface area contributed by atoms with Gasteiger partial charge in [0.25, 0.3) is 0 Å². The molecular formula is C21H15N2O+. The van der Waals surface area contributed by atoms with Gasteiger partial charge in [0, 0.05) is 28.5 Å². The summed E-state index contributed by atoms with van der Waals surface area (Å²) in [6.07, 6.45) is 4.00. The number of nitrogens with zero attached hydrogens (tertiary/aromatic N) is 2. The molecule has 0 saturated carbocycles. The highest BCUT2D eigenvalue weighted by Gasteiger charge is 2.15. The van der Waals surface area contributed by atoms with Gasteiger partial charge in [-0.15, -0.1) is 0 Å². The van der Waals surface area contributed by atoms with Crippen molar-refractivity contribution < 1.29 is 8.98 Å². The van der Waals surface area contributed by atoms with Crippen molar-refractivity contribution in [1.29, 1.82) is 0 Å². The average Bonchev–Trinajstić information content (AvgIpc) is 3.08. The second-order valence-corrected chi connectivity index (χ2v) is 6.04. The van der Waals surface area contributed by atoms with Gasteiger partial charge in [0.15, 0.2) is 18.0 Å². The molecule has 3 aromatic carbocycles. The Labute approximate surface area is 138 Å². The fourth-order valence-corrected chi connectivity index (χ4v) is 3.29. The van der Waals surface area contributed by atoms with Crippen LogP contribution in [0.1, 0.15) is 0 Å². The Hall–Kier alpha value is -3.20. The van der Waals surface area contributed by atoms with Crippen LogP contribution in [0.4, 0.5) is 0 Å². The molecule has 0 fully saturated rings. The zero-order chi connectivity index (χ0) is 16.1. The molecule has 3 heteroatoms. The third-order valence-electron chi connectivity index (χ3n) is 4.50. The molecule has 0 unspecified atom stereocenters. The van der Waals surface area contributed by atoms with Gasteiger partial charge in [-0.05, 0) is 10.8 Å². The molecule has 5 aromatic rings. The summed E-state index contributed by atoms with van der Waals surface area (Å²) in [4.78, 5) is 4.81. The standard InChI is InChI=1S/C21H15N2O/c1-23-12-10-14(11-13-23)21-22-19-17-8-4-2-6-15(17)16-7-3-5-9-18(16)20(19)24-21/h2-13H,1H3/q+1. The zero-order valence-electron chi connectivity index (χ0n) is 13.2. The molecule has 0 atom stereocenters. The quantitative estimate of drug-likeness (QED) is 0.334. The van der Waals surface area contributed by atoms with Gasteiger partial charge in [-0.1, -0.05) is 48.5 Å². The summed E-state index contributed by atoms with van der Waals surface area (Å²) in [6.45, 7) is 0. The topological polar surface area (TPSA) is 29.9 Å². The minimum Gasteiger partial charge on any atom is -0.435 e. The van der Waals surface area contributed by atoms with Crippen molar-refractivity contribution in [1.82, 2.24) is 4.98 Å². The van der Waals surface area contributed by atoms with E-state index in [1.54, 1.807) is 0 Å². The highest BCUT2D eigenvalue weighted by molar-refractivity contribution is 6.22. The van der Waals surface area contributed by atoms with Crippen molar-refractivity contribution >= 4 is 32.6 Å².